The van der Waals surface area contributed by atoms with Gasteiger partial charge in [0.2, 0.25) is 0 Å². The van der Waals surface area contributed by atoms with E-state index in [1.165, 1.54) is 18.2 Å². The molecular formula is C11H15ClFNO2. The van der Waals surface area contributed by atoms with Crippen LogP contribution in [0.2, 0.25) is 5.02 Å². The standard InChI is InChI=1S/C11H15ClFNO2/c1-2-16-7-9(15)6-14-11-5-8(13)3-4-10(11)12/h3-5,9,14-15H,2,6-7H2,1H3. The number of rotatable bonds is 6. The molecule has 0 heterocycles. The van der Waals surface area contributed by atoms with E-state index in [9.17, 15) is 9.50 Å². The first-order valence-electron chi connectivity index (χ1n) is 5.08. The minimum Gasteiger partial charge on any atom is -0.389 e. The van der Waals surface area contributed by atoms with Crippen molar-refractivity contribution in [1.29, 1.82) is 0 Å². The Hall–Kier alpha value is -0.840. The lowest BCUT2D eigenvalue weighted by Gasteiger charge is -2.13. The summed E-state index contributed by atoms with van der Waals surface area (Å²) in [5.41, 5.74) is 0.470. The van der Waals surface area contributed by atoms with Crippen molar-refractivity contribution in [2.45, 2.75) is 13.0 Å². The van der Waals surface area contributed by atoms with Gasteiger partial charge in [-0.3, -0.25) is 0 Å². The van der Waals surface area contributed by atoms with Crippen molar-refractivity contribution < 1.29 is 14.2 Å². The van der Waals surface area contributed by atoms with Crippen molar-refractivity contribution in [2.24, 2.45) is 0 Å². The Morgan fingerprint density at radius 1 is 1.56 bits per heavy atom. The topological polar surface area (TPSA) is 41.5 Å². The third kappa shape index (κ3) is 4.35. The lowest BCUT2D eigenvalue weighted by Crippen LogP contribution is -2.24. The lowest BCUT2D eigenvalue weighted by atomic mass is 10.3. The maximum absolute atomic E-state index is 12.9. The number of hydrogen-bond donors (Lipinski definition) is 2. The van der Waals surface area contributed by atoms with Crippen LogP contribution in [0, 0.1) is 5.82 Å². The number of ether oxygens (including phenoxy) is 1. The smallest absolute Gasteiger partial charge is 0.125 e. The van der Waals surface area contributed by atoms with Gasteiger partial charge in [0.1, 0.15) is 5.82 Å². The van der Waals surface area contributed by atoms with Gasteiger partial charge in [-0.25, -0.2) is 4.39 Å². The van der Waals surface area contributed by atoms with Crippen molar-refractivity contribution >= 4 is 17.3 Å². The van der Waals surface area contributed by atoms with Crippen molar-refractivity contribution in [3.8, 4) is 0 Å². The molecule has 0 aromatic heterocycles. The van der Waals surface area contributed by atoms with Crippen molar-refractivity contribution in [3.05, 3.63) is 29.0 Å². The van der Waals surface area contributed by atoms with Gasteiger partial charge in [0.25, 0.3) is 0 Å². The molecule has 0 aliphatic carbocycles. The van der Waals surface area contributed by atoms with Gasteiger partial charge < -0.3 is 15.2 Å². The Labute approximate surface area is 99.2 Å². The fourth-order valence-corrected chi connectivity index (χ4v) is 1.36. The fraction of sp³-hybridized carbons (Fsp3) is 0.455. The van der Waals surface area contributed by atoms with Crippen LogP contribution >= 0.6 is 11.6 Å². The average Bonchev–Trinajstić information content (AvgIpc) is 2.27. The zero-order valence-electron chi connectivity index (χ0n) is 9.04. The zero-order valence-corrected chi connectivity index (χ0v) is 9.80. The molecule has 90 valence electrons. The second-order valence-corrected chi connectivity index (χ2v) is 3.73. The van der Waals surface area contributed by atoms with E-state index in [1.807, 2.05) is 6.92 Å². The molecule has 0 aliphatic rings. The summed E-state index contributed by atoms with van der Waals surface area (Å²) in [5.74, 6) is -0.369. The van der Waals surface area contributed by atoms with Crippen molar-refractivity contribution in [3.63, 3.8) is 0 Å². The van der Waals surface area contributed by atoms with Gasteiger partial charge in [-0.2, -0.15) is 0 Å². The fourth-order valence-electron chi connectivity index (χ4n) is 1.17. The molecular weight excluding hydrogens is 233 g/mol. The van der Waals surface area contributed by atoms with Crippen LogP contribution in [0.25, 0.3) is 0 Å². The normalized spacial score (nSPS) is 12.5. The molecule has 1 aromatic carbocycles. The monoisotopic (exact) mass is 247 g/mol. The SMILES string of the molecule is CCOCC(O)CNc1cc(F)ccc1Cl. The molecule has 1 rings (SSSR count). The summed E-state index contributed by atoms with van der Waals surface area (Å²) in [7, 11) is 0. The number of nitrogens with one attached hydrogen (secondary N) is 1. The summed E-state index contributed by atoms with van der Waals surface area (Å²) in [5, 5.41) is 12.8. The Kier molecular flexibility index (Phi) is 5.52. The summed E-state index contributed by atoms with van der Waals surface area (Å²) in [4.78, 5) is 0. The molecule has 16 heavy (non-hydrogen) atoms. The molecule has 1 atom stereocenters. The molecule has 0 fully saturated rings. The molecule has 0 spiro atoms. The molecule has 0 amide bonds. The molecule has 1 unspecified atom stereocenters. The molecule has 0 bridgehead atoms. The second kappa shape index (κ2) is 6.68. The van der Waals surface area contributed by atoms with Crippen molar-refractivity contribution in [2.75, 3.05) is 25.1 Å². The highest BCUT2D eigenvalue weighted by Crippen LogP contribution is 2.22. The average molecular weight is 248 g/mol. The van der Waals surface area contributed by atoms with Crippen LogP contribution in [0.5, 0.6) is 0 Å². The van der Waals surface area contributed by atoms with E-state index in [2.05, 4.69) is 5.32 Å². The first-order chi connectivity index (χ1) is 7.63. The second-order valence-electron chi connectivity index (χ2n) is 3.32. The van der Waals surface area contributed by atoms with Crippen LogP contribution < -0.4 is 5.32 Å². The number of hydrogen-bond acceptors (Lipinski definition) is 3. The number of benzene rings is 1. The maximum atomic E-state index is 12.9. The molecule has 3 nitrogen and oxygen atoms in total. The molecule has 0 aliphatic heterocycles. The first kappa shape index (κ1) is 13.2. The quantitative estimate of drug-likeness (QED) is 0.811. The van der Waals surface area contributed by atoms with Gasteiger partial charge >= 0.3 is 0 Å². The van der Waals surface area contributed by atoms with Crippen LogP contribution in [0.1, 0.15) is 6.92 Å². The highest BCUT2D eigenvalue weighted by Gasteiger charge is 2.06. The summed E-state index contributed by atoms with van der Waals surface area (Å²) in [6.07, 6.45) is -0.640. The van der Waals surface area contributed by atoms with E-state index in [-0.39, 0.29) is 19.0 Å². The van der Waals surface area contributed by atoms with Crippen LogP contribution in [-0.4, -0.2) is 31.0 Å². The summed E-state index contributed by atoms with van der Waals surface area (Å²) >= 11 is 5.84. The molecule has 0 radical (unpaired) electrons. The van der Waals surface area contributed by atoms with Crippen LogP contribution in [-0.2, 0) is 4.74 Å². The predicted octanol–water partition coefficient (Wildman–Crippen LogP) is 2.29. The van der Waals surface area contributed by atoms with E-state index in [0.717, 1.165) is 0 Å². The van der Waals surface area contributed by atoms with Gasteiger partial charge in [0.05, 0.1) is 23.4 Å². The Bertz CT molecular complexity index is 336. The van der Waals surface area contributed by atoms with E-state index in [0.29, 0.717) is 17.3 Å². The van der Waals surface area contributed by atoms with E-state index in [4.69, 9.17) is 16.3 Å². The van der Waals surface area contributed by atoms with Gasteiger partial charge in [0.15, 0.2) is 0 Å². The van der Waals surface area contributed by atoms with Crippen molar-refractivity contribution in [1.82, 2.24) is 0 Å². The Morgan fingerprint density at radius 3 is 3.00 bits per heavy atom. The summed E-state index contributed by atoms with van der Waals surface area (Å²) in [6, 6.07) is 4.04. The van der Waals surface area contributed by atoms with Crippen LogP contribution in [0.4, 0.5) is 10.1 Å². The third-order valence-electron chi connectivity index (χ3n) is 1.97. The van der Waals surface area contributed by atoms with E-state index in [1.54, 1.807) is 0 Å². The Balaban J connectivity index is 2.44. The van der Waals surface area contributed by atoms with E-state index < -0.39 is 6.10 Å². The Morgan fingerprint density at radius 2 is 2.31 bits per heavy atom. The summed E-state index contributed by atoms with van der Waals surface area (Å²) < 4.78 is 17.9. The number of aliphatic hydroxyl groups excluding tert-OH is 1. The largest absolute Gasteiger partial charge is 0.389 e. The predicted molar refractivity (Wildman–Crippen MR) is 62.4 cm³/mol. The highest BCUT2D eigenvalue weighted by molar-refractivity contribution is 6.33. The van der Waals surface area contributed by atoms with Gasteiger partial charge in [-0.05, 0) is 25.1 Å². The minimum atomic E-state index is -0.640. The molecule has 0 saturated carbocycles. The van der Waals surface area contributed by atoms with Gasteiger partial charge in [0, 0.05) is 13.2 Å². The molecule has 0 saturated heterocycles. The summed E-state index contributed by atoms with van der Waals surface area (Å²) in [6.45, 7) is 2.92. The van der Waals surface area contributed by atoms with Gasteiger partial charge in [-0.1, -0.05) is 11.6 Å². The maximum Gasteiger partial charge on any atom is 0.125 e. The molecule has 1 aromatic rings. The van der Waals surface area contributed by atoms with Gasteiger partial charge in [-0.15, -0.1) is 0 Å². The van der Waals surface area contributed by atoms with Crippen LogP contribution in [0.15, 0.2) is 18.2 Å². The lowest BCUT2D eigenvalue weighted by molar-refractivity contribution is 0.0496. The molecule has 2 N–H and O–H groups in total. The zero-order chi connectivity index (χ0) is 12.0. The third-order valence-corrected chi connectivity index (χ3v) is 2.30. The van der Waals surface area contributed by atoms with Crippen LogP contribution in [0.3, 0.4) is 0 Å². The first-order valence-corrected chi connectivity index (χ1v) is 5.46. The number of aliphatic hydroxyl groups is 1. The number of halogens is 2. The number of anilines is 1. The highest BCUT2D eigenvalue weighted by atomic mass is 35.5. The minimum absolute atomic E-state index is 0.246. The van der Waals surface area contributed by atoms with E-state index >= 15 is 0 Å². The molecule has 5 heteroatoms.